The van der Waals surface area contributed by atoms with E-state index >= 15 is 0 Å². The second-order valence-corrected chi connectivity index (χ2v) is 5.82. The van der Waals surface area contributed by atoms with Crippen LogP contribution in [-0.4, -0.2) is 46.4 Å². The highest BCUT2D eigenvalue weighted by Gasteiger charge is 2.07. The van der Waals surface area contributed by atoms with Crippen LogP contribution >= 0.6 is 0 Å². The van der Waals surface area contributed by atoms with Gasteiger partial charge in [-0.3, -0.25) is 9.97 Å². The van der Waals surface area contributed by atoms with E-state index in [9.17, 15) is 4.39 Å². The van der Waals surface area contributed by atoms with Crippen LogP contribution in [0.2, 0.25) is 0 Å². The fraction of sp³-hybridized carbons (Fsp3) is 0.211. The van der Waals surface area contributed by atoms with Crippen molar-refractivity contribution in [1.82, 2.24) is 19.9 Å². The van der Waals surface area contributed by atoms with Gasteiger partial charge >= 0.3 is 0 Å². The van der Waals surface area contributed by atoms with Crippen molar-refractivity contribution in [3.63, 3.8) is 0 Å². The lowest BCUT2D eigenvalue weighted by molar-refractivity contribution is 0.0896. The lowest BCUT2D eigenvalue weighted by Crippen LogP contribution is -2.08. The highest BCUT2D eigenvalue weighted by molar-refractivity contribution is 6.05. The number of rotatable bonds is 8. The van der Waals surface area contributed by atoms with E-state index in [-0.39, 0.29) is 6.61 Å². The van der Waals surface area contributed by atoms with E-state index in [1.54, 1.807) is 18.6 Å². The predicted octanol–water partition coefficient (Wildman–Crippen LogP) is 3.61. The first-order valence-corrected chi connectivity index (χ1v) is 8.54. The minimum Gasteiger partial charge on any atom is -0.489 e. The summed E-state index contributed by atoms with van der Waals surface area (Å²) in [5, 5.41) is 5.28. The first-order chi connectivity index (χ1) is 13.3. The molecular formula is C19H18FN5O2. The van der Waals surface area contributed by atoms with Crippen molar-refractivity contribution in [1.29, 1.82) is 0 Å². The summed E-state index contributed by atoms with van der Waals surface area (Å²) in [5.74, 6) is 1.29. The van der Waals surface area contributed by atoms with Crippen LogP contribution in [0.15, 0.2) is 49.1 Å². The fourth-order valence-corrected chi connectivity index (χ4v) is 2.78. The average molecular weight is 367 g/mol. The third kappa shape index (κ3) is 3.95. The third-order valence-corrected chi connectivity index (χ3v) is 3.96. The molecule has 0 unspecified atom stereocenters. The second kappa shape index (κ2) is 7.96. The number of nitrogens with one attached hydrogen (secondary N) is 2. The molecule has 4 rings (SSSR count). The standard InChI is InChI=1S/C19H18FN5O2/c20-4-6-26-7-8-27-14-9-13(10-22-11-14)23-18-2-1-15-16-12-21-5-3-17(16)24-19(15)25-18/h1-3,5,9-12H,4,6-8H2,(H2,23,24,25). The van der Waals surface area contributed by atoms with E-state index < -0.39 is 6.67 Å². The number of halogens is 1. The van der Waals surface area contributed by atoms with Crippen molar-refractivity contribution in [2.75, 3.05) is 31.8 Å². The normalized spacial score (nSPS) is 11.1. The van der Waals surface area contributed by atoms with Gasteiger partial charge in [-0.05, 0) is 18.2 Å². The number of H-pyrrole nitrogens is 1. The minimum absolute atomic E-state index is 0.0845. The molecular weight excluding hydrogens is 349 g/mol. The summed E-state index contributed by atoms with van der Waals surface area (Å²) >= 11 is 0. The van der Waals surface area contributed by atoms with Crippen molar-refractivity contribution < 1.29 is 13.9 Å². The zero-order chi connectivity index (χ0) is 18.5. The van der Waals surface area contributed by atoms with Crippen molar-refractivity contribution in [3.8, 4) is 5.75 Å². The van der Waals surface area contributed by atoms with Gasteiger partial charge in [-0.25, -0.2) is 9.37 Å². The number of anilines is 2. The van der Waals surface area contributed by atoms with Crippen LogP contribution in [0.4, 0.5) is 15.9 Å². The van der Waals surface area contributed by atoms with E-state index in [0.717, 1.165) is 27.6 Å². The Morgan fingerprint density at radius 3 is 2.89 bits per heavy atom. The highest BCUT2D eigenvalue weighted by Crippen LogP contribution is 2.26. The van der Waals surface area contributed by atoms with Crippen LogP contribution in [0.1, 0.15) is 0 Å². The van der Waals surface area contributed by atoms with Crippen LogP contribution in [-0.2, 0) is 4.74 Å². The Labute approximate surface area is 154 Å². The Morgan fingerprint density at radius 2 is 1.96 bits per heavy atom. The van der Waals surface area contributed by atoms with Gasteiger partial charge in [0.1, 0.15) is 30.5 Å². The van der Waals surface area contributed by atoms with Gasteiger partial charge in [0.25, 0.3) is 0 Å². The van der Waals surface area contributed by atoms with Gasteiger partial charge in [0, 0.05) is 29.2 Å². The van der Waals surface area contributed by atoms with E-state index in [1.807, 2.05) is 30.5 Å². The molecule has 0 saturated heterocycles. The van der Waals surface area contributed by atoms with Gasteiger partial charge in [-0.1, -0.05) is 0 Å². The van der Waals surface area contributed by atoms with Gasteiger partial charge in [-0.2, -0.15) is 0 Å². The molecule has 7 nitrogen and oxygen atoms in total. The Kier molecular flexibility index (Phi) is 5.06. The number of aromatic nitrogens is 4. The maximum absolute atomic E-state index is 12.0. The summed E-state index contributed by atoms with van der Waals surface area (Å²) in [7, 11) is 0. The van der Waals surface area contributed by atoms with Crippen LogP contribution in [0.25, 0.3) is 21.9 Å². The number of alkyl halides is 1. The Hall–Kier alpha value is -3.26. The molecule has 0 fully saturated rings. The second-order valence-electron chi connectivity index (χ2n) is 5.82. The Bertz CT molecular complexity index is 1050. The Morgan fingerprint density at radius 1 is 1.00 bits per heavy atom. The summed E-state index contributed by atoms with van der Waals surface area (Å²) in [4.78, 5) is 16.2. The van der Waals surface area contributed by atoms with E-state index in [2.05, 4.69) is 25.3 Å². The van der Waals surface area contributed by atoms with Crippen molar-refractivity contribution in [3.05, 3.63) is 49.1 Å². The molecule has 0 saturated carbocycles. The maximum atomic E-state index is 12.0. The molecule has 4 aromatic rings. The zero-order valence-corrected chi connectivity index (χ0v) is 14.5. The smallest absolute Gasteiger partial charge is 0.140 e. The topological polar surface area (TPSA) is 85.0 Å². The number of ether oxygens (including phenoxy) is 2. The monoisotopic (exact) mass is 367 g/mol. The molecule has 0 bridgehead atoms. The summed E-state index contributed by atoms with van der Waals surface area (Å²) in [6.07, 6.45) is 6.87. The van der Waals surface area contributed by atoms with E-state index in [0.29, 0.717) is 24.8 Å². The number of hydrogen-bond acceptors (Lipinski definition) is 6. The molecule has 4 aromatic heterocycles. The highest BCUT2D eigenvalue weighted by atomic mass is 19.1. The molecule has 0 aliphatic rings. The molecule has 2 N–H and O–H groups in total. The number of aromatic amines is 1. The van der Waals surface area contributed by atoms with Crippen molar-refractivity contribution >= 4 is 33.4 Å². The number of nitrogens with zero attached hydrogens (tertiary/aromatic N) is 3. The molecule has 0 spiro atoms. The molecule has 0 aliphatic heterocycles. The molecule has 138 valence electrons. The van der Waals surface area contributed by atoms with Gasteiger partial charge < -0.3 is 19.8 Å². The third-order valence-electron chi connectivity index (χ3n) is 3.96. The number of hydrogen-bond donors (Lipinski definition) is 2. The molecule has 0 aromatic carbocycles. The van der Waals surface area contributed by atoms with E-state index in [4.69, 9.17) is 9.47 Å². The summed E-state index contributed by atoms with van der Waals surface area (Å²) in [5.41, 5.74) is 2.53. The quantitative estimate of drug-likeness (QED) is 0.463. The molecule has 0 amide bonds. The fourth-order valence-electron chi connectivity index (χ4n) is 2.78. The SMILES string of the molecule is FCCOCCOc1cncc(Nc2ccc3c(n2)[nH]c2ccncc23)c1. The van der Waals surface area contributed by atoms with Crippen LogP contribution < -0.4 is 10.1 Å². The predicted molar refractivity (Wildman–Crippen MR) is 101 cm³/mol. The van der Waals surface area contributed by atoms with Gasteiger partial charge in [0.15, 0.2) is 0 Å². The number of fused-ring (bicyclic) bond motifs is 3. The minimum atomic E-state index is -0.495. The molecule has 4 heterocycles. The van der Waals surface area contributed by atoms with Crippen molar-refractivity contribution in [2.45, 2.75) is 0 Å². The number of pyridine rings is 3. The van der Waals surface area contributed by atoms with E-state index in [1.165, 1.54) is 0 Å². The summed E-state index contributed by atoms with van der Waals surface area (Å²) in [6, 6.07) is 7.65. The lowest BCUT2D eigenvalue weighted by Gasteiger charge is -2.09. The van der Waals surface area contributed by atoms with Crippen LogP contribution in [0, 0.1) is 0 Å². The molecule has 0 atom stereocenters. The summed E-state index contributed by atoms with van der Waals surface area (Å²) < 4.78 is 22.6. The average Bonchev–Trinajstić information content (AvgIpc) is 3.06. The first-order valence-electron chi connectivity index (χ1n) is 8.54. The molecule has 0 radical (unpaired) electrons. The first kappa shape index (κ1) is 17.2. The largest absolute Gasteiger partial charge is 0.489 e. The Balaban J connectivity index is 1.47. The lowest BCUT2D eigenvalue weighted by atomic mass is 10.2. The maximum Gasteiger partial charge on any atom is 0.140 e. The molecule has 0 aliphatic carbocycles. The van der Waals surface area contributed by atoms with Gasteiger partial charge in [-0.15, -0.1) is 0 Å². The van der Waals surface area contributed by atoms with Crippen molar-refractivity contribution in [2.24, 2.45) is 0 Å². The summed E-state index contributed by atoms with van der Waals surface area (Å²) in [6.45, 7) is 0.250. The molecule has 27 heavy (non-hydrogen) atoms. The zero-order valence-electron chi connectivity index (χ0n) is 14.5. The van der Waals surface area contributed by atoms with Crippen LogP contribution in [0.3, 0.4) is 0 Å². The van der Waals surface area contributed by atoms with Gasteiger partial charge in [0.2, 0.25) is 0 Å². The van der Waals surface area contributed by atoms with Crippen LogP contribution in [0.5, 0.6) is 5.75 Å². The molecule has 8 heteroatoms. The van der Waals surface area contributed by atoms with Gasteiger partial charge in [0.05, 0.1) is 36.8 Å².